The zero-order valence-corrected chi connectivity index (χ0v) is 12.7. The van der Waals surface area contributed by atoms with Gasteiger partial charge < -0.3 is 15.2 Å². The second kappa shape index (κ2) is 7.00. The van der Waals surface area contributed by atoms with E-state index in [-0.39, 0.29) is 18.5 Å². The molecule has 0 aliphatic carbocycles. The van der Waals surface area contributed by atoms with Crippen LogP contribution in [-0.4, -0.2) is 23.3 Å². The van der Waals surface area contributed by atoms with E-state index >= 15 is 0 Å². The Hall–Kier alpha value is -1.76. The number of alkyl halides is 3. The number of amides is 1. The summed E-state index contributed by atoms with van der Waals surface area (Å²) < 4.78 is 42.8. The van der Waals surface area contributed by atoms with E-state index < -0.39 is 29.5 Å². The summed E-state index contributed by atoms with van der Waals surface area (Å²) in [6.07, 6.45) is -6.11. The molecule has 1 aromatic rings. The van der Waals surface area contributed by atoms with Crippen LogP contribution in [0.25, 0.3) is 0 Å². The molecule has 1 aromatic carbocycles. The van der Waals surface area contributed by atoms with E-state index in [2.05, 4.69) is 5.32 Å². The molecule has 0 unspecified atom stereocenters. The smallest absolute Gasteiger partial charge is 0.416 e. The maximum atomic E-state index is 12.6. The van der Waals surface area contributed by atoms with Gasteiger partial charge in [-0.15, -0.1) is 0 Å². The number of hydrogen-bond donors (Lipinski definition) is 2. The summed E-state index contributed by atoms with van der Waals surface area (Å²) in [5.74, 6) is 0. The van der Waals surface area contributed by atoms with E-state index in [0.29, 0.717) is 0 Å². The van der Waals surface area contributed by atoms with Gasteiger partial charge in [0.25, 0.3) is 0 Å². The number of aliphatic hydroxyl groups excluding tert-OH is 1. The monoisotopic (exact) mass is 319 g/mol. The molecule has 1 amide bonds. The third-order valence-corrected chi connectivity index (χ3v) is 2.68. The van der Waals surface area contributed by atoms with E-state index in [1.54, 1.807) is 20.8 Å². The Morgan fingerprint density at radius 1 is 1.32 bits per heavy atom. The van der Waals surface area contributed by atoms with Crippen LogP contribution in [0.15, 0.2) is 24.3 Å². The van der Waals surface area contributed by atoms with Gasteiger partial charge in [-0.3, -0.25) is 0 Å². The second-order valence-corrected chi connectivity index (χ2v) is 5.86. The fourth-order valence-corrected chi connectivity index (χ4v) is 1.71. The lowest BCUT2D eigenvalue weighted by Crippen LogP contribution is -2.33. The fraction of sp³-hybridized carbons (Fsp3) is 0.533. The van der Waals surface area contributed by atoms with Crippen molar-refractivity contribution in [3.63, 3.8) is 0 Å². The minimum Gasteiger partial charge on any atom is -0.444 e. The average Bonchev–Trinajstić information content (AvgIpc) is 2.35. The molecule has 0 fully saturated rings. The van der Waals surface area contributed by atoms with Gasteiger partial charge in [-0.25, -0.2) is 4.79 Å². The minimum absolute atomic E-state index is 0.0839. The highest BCUT2D eigenvalue weighted by Gasteiger charge is 2.30. The molecule has 0 aliphatic heterocycles. The third kappa shape index (κ3) is 6.34. The Balaban J connectivity index is 2.53. The van der Waals surface area contributed by atoms with Crippen molar-refractivity contribution in [3.05, 3.63) is 35.4 Å². The summed E-state index contributed by atoms with van der Waals surface area (Å²) in [6.45, 7) is 5.23. The zero-order valence-electron chi connectivity index (χ0n) is 12.7. The molecule has 124 valence electrons. The molecule has 7 heteroatoms. The summed E-state index contributed by atoms with van der Waals surface area (Å²) in [6, 6.07) is 4.49. The number of ether oxygens (including phenoxy) is 1. The van der Waals surface area contributed by atoms with Crippen LogP contribution in [0.2, 0.25) is 0 Å². The Kier molecular flexibility index (Phi) is 5.82. The lowest BCUT2D eigenvalue weighted by molar-refractivity contribution is -0.137. The van der Waals surface area contributed by atoms with E-state index in [4.69, 9.17) is 4.74 Å². The molecule has 1 atom stereocenters. The van der Waals surface area contributed by atoms with Crippen molar-refractivity contribution in [1.82, 2.24) is 5.32 Å². The van der Waals surface area contributed by atoms with Gasteiger partial charge in [-0.1, -0.05) is 12.1 Å². The molecule has 0 radical (unpaired) electrons. The molecule has 1 rings (SSSR count). The molecular formula is C15H20F3NO3. The number of halogens is 3. The van der Waals surface area contributed by atoms with Crippen LogP contribution in [0.5, 0.6) is 0 Å². The number of alkyl carbamates (subject to hydrolysis) is 1. The van der Waals surface area contributed by atoms with Crippen LogP contribution in [0.4, 0.5) is 18.0 Å². The number of nitrogens with one attached hydrogen (secondary N) is 1. The normalized spacial score (nSPS) is 13.6. The first-order valence-electron chi connectivity index (χ1n) is 6.81. The van der Waals surface area contributed by atoms with Crippen molar-refractivity contribution >= 4 is 6.09 Å². The van der Waals surface area contributed by atoms with Crippen LogP contribution in [-0.2, 0) is 10.9 Å². The van der Waals surface area contributed by atoms with Gasteiger partial charge >= 0.3 is 12.3 Å². The maximum Gasteiger partial charge on any atom is 0.416 e. The third-order valence-electron chi connectivity index (χ3n) is 2.68. The van der Waals surface area contributed by atoms with Gasteiger partial charge in [0.2, 0.25) is 0 Å². The summed E-state index contributed by atoms with van der Waals surface area (Å²) in [4.78, 5) is 11.4. The standard InChI is InChI=1S/C15H20F3NO3/c1-14(2,3)22-13(21)19-8-7-12(20)10-5-4-6-11(9-10)15(16,17)18/h4-6,9,12,20H,7-8H2,1-3H3,(H,19,21)/t12-/m0/s1. The predicted octanol–water partition coefficient (Wildman–Crippen LogP) is 3.65. The molecule has 0 aromatic heterocycles. The summed E-state index contributed by atoms with van der Waals surface area (Å²) in [7, 11) is 0. The molecule has 0 aliphatic rings. The number of aliphatic hydroxyl groups is 1. The predicted molar refractivity (Wildman–Crippen MR) is 75.3 cm³/mol. The van der Waals surface area contributed by atoms with Gasteiger partial charge in [0.1, 0.15) is 5.60 Å². The SMILES string of the molecule is CC(C)(C)OC(=O)NCC[C@H](O)c1cccc(C(F)(F)F)c1. The largest absolute Gasteiger partial charge is 0.444 e. The van der Waals surface area contributed by atoms with Crippen molar-refractivity contribution in [3.8, 4) is 0 Å². The zero-order chi connectivity index (χ0) is 17.0. The van der Waals surface area contributed by atoms with E-state index in [1.165, 1.54) is 12.1 Å². The van der Waals surface area contributed by atoms with Crippen molar-refractivity contribution in [2.75, 3.05) is 6.54 Å². The minimum atomic E-state index is -4.45. The molecule has 0 bridgehead atoms. The first kappa shape index (κ1) is 18.3. The molecule has 0 spiro atoms. The fourth-order valence-electron chi connectivity index (χ4n) is 1.71. The van der Waals surface area contributed by atoms with E-state index in [1.807, 2.05) is 0 Å². The number of hydrogen-bond acceptors (Lipinski definition) is 3. The number of carbonyl (C=O) groups is 1. The second-order valence-electron chi connectivity index (χ2n) is 5.86. The highest BCUT2D eigenvalue weighted by Crippen LogP contribution is 2.31. The molecule has 0 heterocycles. The molecule has 4 nitrogen and oxygen atoms in total. The van der Waals surface area contributed by atoms with Crippen molar-refractivity contribution in [2.45, 2.75) is 45.1 Å². The number of benzene rings is 1. The van der Waals surface area contributed by atoms with Crippen LogP contribution >= 0.6 is 0 Å². The van der Waals surface area contributed by atoms with Crippen LogP contribution in [0.3, 0.4) is 0 Å². The van der Waals surface area contributed by atoms with Crippen molar-refractivity contribution in [2.24, 2.45) is 0 Å². The molecule has 2 N–H and O–H groups in total. The van der Waals surface area contributed by atoms with Gasteiger partial charge in [0, 0.05) is 6.54 Å². The van der Waals surface area contributed by atoms with E-state index in [9.17, 15) is 23.1 Å². The Morgan fingerprint density at radius 3 is 2.50 bits per heavy atom. The van der Waals surface area contributed by atoms with Crippen molar-refractivity contribution in [1.29, 1.82) is 0 Å². The Bertz CT molecular complexity index is 509. The Morgan fingerprint density at radius 2 is 1.95 bits per heavy atom. The lowest BCUT2D eigenvalue weighted by Gasteiger charge is -2.20. The van der Waals surface area contributed by atoms with Gasteiger partial charge in [-0.2, -0.15) is 13.2 Å². The molecular weight excluding hydrogens is 299 g/mol. The molecule has 22 heavy (non-hydrogen) atoms. The van der Waals surface area contributed by atoms with E-state index in [0.717, 1.165) is 12.1 Å². The highest BCUT2D eigenvalue weighted by molar-refractivity contribution is 5.67. The lowest BCUT2D eigenvalue weighted by atomic mass is 10.0. The topological polar surface area (TPSA) is 58.6 Å². The summed E-state index contributed by atoms with van der Waals surface area (Å²) in [5, 5.41) is 12.3. The quantitative estimate of drug-likeness (QED) is 0.890. The van der Waals surface area contributed by atoms with Crippen molar-refractivity contribution < 1.29 is 27.8 Å². The number of carbonyl (C=O) groups excluding carboxylic acids is 1. The van der Waals surface area contributed by atoms with Gasteiger partial charge in [0.05, 0.1) is 11.7 Å². The first-order valence-corrected chi connectivity index (χ1v) is 6.81. The summed E-state index contributed by atoms with van der Waals surface area (Å²) in [5.41, 5.74) is -1.30. The molecule has 0 saturated carbocycles. The molecule has 0 saturated heterocycles. The first-order chi connectivity index (χ1) is 9.99. The average molecular weight is 319 g/mol. The van der Waals surface area contributed by atoms with Crippen LogP contribution in [0.1, 0.15) is 44.4 Å². The highest BCUT2D eigenvalue weighted by atomic mass is 19.4. The Labute approximate surface area is 127 Å². The van der Waals surface area contributed by atoms with Crippen LogP contribution in [0, 0.1) is 0 Å². The number of rotatable bonds is 4. The van der Waals surface area contributed by atoms with Crippen LogP contribution < -0.4 is 5.32 Å². The van der Waals surface area contributed by atoms with Gasteiger partial charge in [0.15, 0.2) is 0 Å². The summed E-state index contributed by atoms with van der Waals surface area (Å²) >= 11 is 0. The maximum absolute atomic E-state index is 12.6. The van der Waals surface area contributed by atoms with Gasteiger partial charge in [-0.05, 0) is 44.9 Å².